The summed E-state index contributed by atoms with van der Waals surface area (Å²) < 4.78 is 25.6. The van der Waals surface area contributed by atoms with E-state index >= 15 is 0 Å². The SMILES string of the molecule is C[C@H]1O[C@@H](c2ccc3c(c2O)C(=O)c2ccc(C[C@](C)(CCO)OCc4ccccc4)c(O)c2C3=O)C[C@@H](OCc2ccccc2)[C@@H]1OCc1ccccc1. The van der Waals surface area contributed by atoms with Gasteiger partial charge in [0.2, 0.25) is 0 Å². The molecule has 0 amide bonds. The van der Waals surface area contributed by atoms with Gasteiger partial charge in [0.1, 0.15) is 17.6 Å². The van der Waals surface area contributed by atoms with E-state index in [4.69, 9.17) is 18.9 Å². The Hall–Kier alpha value is -5.16. The number of fused-ring (bicyclic) bond motifs is 2. The van der Waals surface area contributed by atoms with Crippen molar-refractivity contribution in [2.75, 3.05) is 6.61 Å². The molecule has 1 heterocycles. The summed E-state index contributed by atoms with van der Waals surface area (Å²) in [6.45, 7) is 4.61. The lowest BCUT2D eigenvalue weighted by atomic mass is 9.79. The molecule has 7 rings (SSSR count). The van der Waals surface area contributed by atoms with E-state index in [-0.39, 0.29) is 53.2 Å². The van der Waals surface area contributed by atoms with Gasteiger partial charge >= 0.3 is 0 Å². The molecule has 9 heteroatoms. The van der Waals surface area contributed by atoms with Crippen molar-refractivity contribution in [3.05, 3.63) is 165 Å². The van der Waals surface area contributed by atoms with E-state index in [9.17, 15) is 24.9 Å². The highest BCUT2D eigenvalue weighted by Gasteiger charge is 2.42. The molecule has 1 saturated heterocycles. The van der Waals surface area contributed by atoms with Crippen LogP contribution in [0.4, 0.5) is 0 Å². The number of aromatic hydroxyl groups is 2. The molecular weight excluding hydrogens is 696 g/mol. The van der Waals surface area contributed by atoms with Crippen LogP contribution in [0.2, 0.25) is 0 Å². The number of carbonyl (C=O) groups excluding carboxylic acids is 2. The molecule has 5 aromatic rings. The van der Waals surface area contributed by atoms with E-state index in [1.807, 2.05) is 105 Å². The zero-order valence-corrected chi connectivity index (χ0v) is 31.0. The predicted molar refractivity (Wildman–Crippen MR) is 206 cm³/mol. The van der Waals surface area contributed by atoms with Crippen molar-refractivity contribution >= 4 is 11.6 Å². The fourth-order valence-electron chi connectivity index (χ4n) is 7.62. The van der Waals surface area contributed by atoms with Gasteiger partial charge < -0.3 is 34.3 Å². The largest absolute Gasteiger partial charge is 0.507 e. The topological polar surface area (TPSA) is 132 Å². The normalized spacial score (nSPS) is 20.4. The molecular formula is C46H46O9. The van der Waals surface area contributed by atoms with Gasteiger partial charge in [-0.25, -0.2) is 0 Å². The number of benzene rings is 5. The quantitative estimate of drug-likeness (QED) is 0.102. The number of aliphatic hydroxyl groups excluding tert-OH is 1. The molecule has 0 unspecified atom stereocenters. The Bertz CT molecular complexity index is 2120. The first-order chi connectivity index (χ1) is 26.7. The van der Waals surface area contributed by atoms with E-state index in [2.05, 4.69) is 0 Å². The number of phenolic OH excluding ortho intramolecular Hbond substituents is 2. The molecule has 0 spiro atoms. The molecule has 9 nitrogen and oxygen atoms in total. The number of phenols is 2. The van der Waals surface area contributed by atoms with Gasteiger partial charge in [-0.1, -0.05) is 103 Å². The Morgan fingerprint density at radius 3 is 1.80 bits per heavy atom. The van der Waals surface area contributed by atoms with Crippen LogP contribution in [0, 0.1) is 0 Å². The van der Waals surface area contributed by atoms with Crippen LogP contribution in [0.15, 0.2) is 115 Å². The highest BCUT2D eigenvalue weighted by Crippen LogP contribution is 2.45. The Morgan fingerprint density at radius 2 is 1.22 bits per heavy atom. The minimum absolute atomic E-state index is 0.00311. The second-order valence-corrected chi connectivity index (χ2v) is 14.6. The van der Waals surface area contributed by atoms with Crippen molar-refractivity contribution in [1.29, 1.82) is 0 Å². The Kier molecular flexibility index (Phi) is 11.6. The first-order valence-corrected chi connectivity index (χ1v) is 18.7. The molecule has 5 atom stereocenters. The Labute approximate surface area is 321 Å². The van der Waals surface area contributed by atoms with E-state index in [0.717, 1.165) is 16.7 Å². The third kappa shape index (κ3) is 8.27. The number of carbonyl (C=O) groups is 2. The van der Waals surface area contributed by atoms with Crippen LogP contribution in [0.5, 0.6) is 11.5 Å². The first-order valence-electron chi connectivity index (χ1n) is 18.7. The molecule has 5 aromatic carbocycles. The van der Waals surface area contributed by atoms with Crippen molar-refractivity contribution in [3.63, 3.8) is 0 Å². The van der Waals surface area contributed by atoms with Crippen molar-refractivity contribution < 1.29 is 43.9 Å². The van der Waals surface area contributed by atoms with Crippen LogP contribution in [-0.2, 0) is 45.2 Å². The van der Waals surface area contributed by atoms with Crippen LogP contribution in [0.3, 0.4) is 0 Å². The van der Waals surface area contributed by atoms with Gasteiger partial charge in [-0.3, -0.25) is 9.59 Å². The van der Waals surface area contributed by atoms with Crippen molar-refractivity contribution in [3.8, 4) is 11.5 Å². The van der Waals surface area contributed by atoms with E-state index < -0.39 is 41.6 Å². The molecule has 2 aliphatic rings. The zero-order chi connectivity index (χ0) is 38.5. The second-order valence-electron chi connectivity index (χ2n) is 14.6. The van der Waals surface area contributed by atoms with Gasteiger partial charge in [0.05, 0.1) is 54.9 Å². The van der Waals surface area contributed by atoms with Crippen molar-refractivity contribution in [2.45, 2.75) is 82.9 Å². The van der Waals surface area contributed by atoms with Crippen LogP contribution >= 0.6 is 0 Å². The minimum atomic E-state index is -0.880. The molecule has 0 bridgehead atoms. The summed E-state index contributed by atoms with van der Waals surface area (Å²) in [5.41, 5.74) is 2.61. The summed E-state index contributed by atoms with van der Waals surface area (Å²) >= 11 is 0. The predicted octanol–water partition coefficient (Wildman–Crippen LogP) is 7.79. The number of aliphatic hydroxyl groups is 1. The number of rotatable bonds is 14. The first kappa shape index (κ1) is 38.1. The molecule has 0 radical (unpaired) electrons. The van der Waals surface area contributed by atoms with Crippen LogP contribution in [0.1, 0.15) is 92.5 Å². The van der Waals surface area contributed by atoms with Gasteiger partial charge in [0.15, 0.2) is 11.6 Å². The number of ketones is 2. The summed E-state index contributed by atoms with van der Waals surface area (Å²) in [6, 6.07) is 35.6. The second kappa shape index (κ2) is 16.7. The molecule has 0 aromatic heterocycles. The van der Waals surface area contributed by atoms with Crippen LogP contribution in [0.25, 0.3) is 0 Å². The van der Waals surface area contributed by atoms with E-state index in [1.165, 1.54) is 12.1 Å². The monoisotopic (exact) mass is 742 g/mol. The highest BCUT2D eigenvalue weighted by atomic mass is 16.6. The third-order valence-electron chi connectivity index (χ3n) is 10.6. The van der Waals surface area contributed by atoms with Gasteiger partial charge in [0, 0.05) is 36.1 Å². The van der Waals surface area contributed by atoms with Gasteiger partial charge in [-0.2, -0.15) is 0 Å². The van der Waals surface area contributed by atoms with Crippen molar-refractivity contribution in [1.82, 2.24) is 0 Å². The molecule has 55 heavy (non-hydrogen) atoms. The standard InChI is InChI=1S/C46H46O9/c1-29-45(53-27-31-14-8-4-9-15-31)38(52-26-30-12-6-3-7-13-30)24-37(55-29)34-20-21-36-40(42(34)49)44(51)35-19-18-33(41(48)39(35)43(36)50)25-46(2,22-23-47)54-28-32-16-10-5-11-17-32/h3-21,29,37-38,45,47-49H,22-28H2,1-2H3/t29-,37-,38-,45-,46+/m1/s1. The molecule has 284 valence electrons. The Morgan fingerprint density at radius 1 is 0.691 bits per heavy atom. The molecule has 0 saturated carbocycles. The number of hydrogen-bond acceptors (Lipinski definition) is 9. The average Bonchev–Trinajstić information content (AvgIpc) is 3.20. The maximum atomic E-state index is 14.1. The minimum Gasteiger partial charge on any atom is -0.507 e. The van der Waals surface area contributed by atoms with Crippen LogP contribution < -0.4 is 0 Å². The maximum absolute atomic E-state index is 14.1. The molecule has 3 N–H and O–H groups in total. The average molecular weight is 743 g/mol. The highest BCUT2D eigenvalue weighted by molar-refractivity contribution is 6.30. The summed E-state index contributed by atoms with van der Waals surface area (Å²) in [5.74, 6) is -1.80. The fraction of sp³-hybridized carbons (Fsp3) is 0.304. The van der Waals surface area contributed by atoms with Gasteiger partial charge in [0.25, 0.3) is 0 Å². The third-order valence-corrected chi connectivity index (χ3v) is 10.6. The number of ether oxygens (including phenoxy) is 4. The lowest BCUT2D eigenvalue weighted by molar-refractivity contribution is -0.204. The summed E-state index contributed by atoms with van der Waals surface area (Å²) in [5, 5.41) is 33.1. The summed E-state index contributed by atoms with van der Waals surface area (Å²) in [7, 11) is 0. The van der Waals surface area contributed by atoms with E-state index in [1.54, 1.807) is 12.1 Å². The van der Waals surface area contributed by atoms with E-state index in [0.29, 0.717) is 37.4 Å². The molecule has 1 aliphatic carbocycles. The summed E-state index contributed by atoms with van der Waals surface area (Å²) in [6.07, 6.45) is -1.17. The lowest BCUT2D eigenvalue weighted by Crippen LogP contribution is -2.47. The van der Waals surface area contributed by atoms with Gasteiger partial charge in [-0.15, -0.1) is 0 Å². The molecule has 1 fully saturated rings. The van der Waals surface area contributed by atoms with Crippen molar-refractivity contribution in [2.24, 2.45) is 0 Å². The Balaban J connectivity index is 1.13. The number of hydrogen-bond donors (Lipinski definition) is 3. The zero-order valence-electron chi connectivity index (χ0n) is 31.0. The van der Waals surface area contributed by atoms with Gasteiger partial charge in [-0.05, 0) is 54.7 Å². The smallest absolute Gasteiger partial charge is 0.198 e. The van der Waals surface area contributed by atoms with Crippen LogP contribution in [-0.4, -0.2) is 57.4 Å². The molecule has 1 aliphatic heterocycles. The summed E-state index contributed by atoms with van der Waals surface area (Å²) in [4.78, 5) is 28.2. The maximum Gasteiger partial charge on any atom is 0.198 e. The fourth-order valence-corrected chi connectivity index (χ4v) is 7.62. The lowest BCUT2D eigenvalue weighted by Gasteiger charge is -2.41.